The lowest BCUT2D eigenvalue weighted by molar-refractivity contribution is 0.102. The molecule has 1 N–H and O–H groups in total. The zero-order valence-corrected chi connectivity index (χ0v) is 14.9. The largest absolute Gasteiger partial charge is 0.490 e. The lowest BCUT2D eigenvalue weighted by Gasteiger charge is -2.12. The highest BCUT2D eigenvalue weighted by Gasteiger charge is 2.15. The van der Waals surface area contributed by atoms with Crippen LogP contribution in [-0.4, -0.2) is 22.1 Å². The van der Waals surface area contributed by atoms with Crippen LogP contribution in [0.3, 0.4) is 0 Å². The average Bonchev–Trinajstić information content (AvgIpc) is 3.22. The van der Waals surface area contributed by atoms with Crippen molar-refractivity contribution in [2.75, 3.05) is 11.9 Å². The van der Waals surface area contributed by atoms with E-state index in [1.54, 1.807) is 48.9 Å². The number of carbonyl (C=O) groups is 1. The number of aromatic nitrogens is 2. The summed E-state index contributed by atoms with van der Waals surface area (Å²) in [7, 11) is 0. The molecule has 0 spiro atoms. The number of nitrogens with one attached hydrogen (secondary N) is 1. The van der Waals surface area contributed by atoms with Crippen LogP contribution < -0.4 is 15.7 Å². The first-order chi connectivity index (χ1) is 13.7. The first-order valence-electron chi connectivity index (χ1n) is 8.72. The van der Waals surface area contributed by atoms with E-state index in [0.29, 0.717) is 35.6 Å². The molecule has 0 aliphatic heterocycles. The van der Waals surface area contributed by atoms with Crippen LogP contribution >= 0.6 is 0 Å². The molecule has 7 nitrogen and oxygen atoms in total. The van der Waals surface area contributed by atoms with E-state index in [1.165, 1.54) is 6.07 Å². The van der Waals surface area contributed by atoms with E-state index in [0.717, 1.165) is 0 Å². The van der Waals surface area contributed by atoms with Gasteiger partial charge < -0.3 is 19.0 Å². The molecular weight excluding hydrogens is 358 g/mol. The Kier molecular flexibility index (Phi) is 4.88. The zero-order valence-electron chi connectivity index (χ0n) is 14.9. The van der Waals surface area contributed by atoms with Crippen molar-refractivity contribution in [2.45, 2.75) is 6.54 Å². The van der Waals surface area contributed by atoms with Gasteiger partial charge in [-0.25, -0.2) is 9.78 Å². The number of amides is 1. The van der Waals surface area contributed by atoms with Gasteiger partial charge in [0.2, 0.25) is 0 Å². The molecule has 7 heteroatoms. The summed E-state index contributed by atoms with van der Waals surface area (Å²) in [4.78, 5) is 28.8. The molecule has 0 bridgehead atoms. The minimum absolute atomic E-state index is 0.0630. The Labute approximate surface area is 160 Å². The topological polar surface area (TPSA) is 86.4 Å². The SMILES string of the molecule is O=C(Nc1ccccc1OCCn1ccnc1)c1cc2ccccc2oc1=O. The first-order valence-corrected chi connectivity index (χ1v) is 8.72. The van der Waals surface area contributed by atoms with Crippen molar-refractivity contribution in [1.29, 1.82) is 0 Å². The lowest BCUT2D eigenvalue weighted by atomic mass is 10.1. The second-order valence-corrected chi connectivity index (χ2v) is 6.08. The summed E-state index contributed by atoms with van der Waals surface area (Å²) in [6.45, 7) is 1.03. The summed E-state index contributed by atoms with van der Waals surface area (Å²) in [5.74, 6) is -0.0358. The van der Waals surface area contributed by atoms with Crippen LogP contribution in [0.4, 0.5) is 5.69 Å². The highest BCUT2D eigenvalue weighted by Crippen LogP contribution is 2.24. The molecule has 0 unspecified atom stereocenters. The fourth-order valence-electron chi connectivity index (χ4n) is 2.79. The number of nitrogens with zero attached hydrogens (tertiary/aromatic N) is 2. The zero-order chi connectivity index (χ0) is 19.3. The van der Waals surface area contributed by atoms with Gasteiger partial charge in [-0.2, -0.15) is 0 Å². The van der Waals surface area contributed by atoms with Crippen LogP contribution in [0.1, 0.15) is 10.4 Å². The van der Waals surface area contributed by atoms with Gasteiger partial charge in [-0.3, -0.25) is 4.79 Å². The summed E-state index contributed by atoms with van der Waals surface area (Å²) < 4.78 is 12.9. The number of rotatable bonds is 6. The Morgan fingerprint density at radius 2 is 1.96 bits per heavy atom. The average molecular weight is 375 g/mol. The quantitative estimate of drug-likeness (QED) is 0.523. The molecule has 0 aliphatic carbocycles. The Hall–Kier alpha value is -3.87. The number of para-hydroxylation sites is 3. The normalized spacial score (nSPS) is 10.7. The number of hydrogen-bond acceptors (Lipinski definition) is 5. The molecule has 2 heterocycles. The van der Waals surface area contributed by atoms with Crippen molar-refractivity contribution < 1.29 is 13.9 Å². The van der Waals surface area contributed by atoms with Gasteiger partial charge in [0.25, 0.3) is 5.91 Å². The fraction of sp³-hybridized carbons (Fsp3) is 0.0952. The van der Waals surface area contributed by atoms with Crippen molar-refractivity contribution in [2.24, 2.45) is 0 Å². The van der Waals surface area contributed by atoms with E-state index in [9.17, 15) is 9.59 Å². The smallest absolute Gasteiger partial charge is 0.349 e. The molecule has 2 aromatic heterocycles. The Morgan fingerprint density at radius 1 is 1.14 bits per heavy atom. The Balaban J connectivity index is 1.52. The van der Waals surface area contributed by atoms with E-state index < -0.39 is 11.5 Å². The molecule has 0 aliphatic rings. The lowest BCUT2D eigenvalue weighted by Crippen LogP contribution is -2.21. The van der Waals surface area contributed by atoms with Crippen molar-refractivity contribution >= 4 is 22.6 Å². The third-order valence-electron chi connectivity index (χ3n) is 4.19. The van der Waals surface area contributed by atoms with Crippen LogP contribution in [0.15, 0.2) is 82.5 Å². The molecule has 2 aromatic carbocycles. The van der Waals surface area contributed by atoms with Gasteiger partial charge in [-0.05, 0) is 24.3 Å². The van der Waals surface area contributed by atoms with Gasteiger partial charge in [-0.15, -0.1) is 0 Å². The number of ether oxygens (including phenoxy) is 1. The maximum Gasteiger partial charge on any atom is 0.349 e. The predicted octanol–water partition coefficient (Wildman–Crippen LogP) is 3.32. The van der Waals surface area contributed by atoms with Crippen LogP contribution in [0, 0.1) is 0 Å². The van der Waals surface area contributed by atoms with E-state index in [-0.39, 0.29) is 5.56 Å². The summed E-state index contributed by atoms with van der Waals surface area (Å²) in [5.41, 5.74) is 0.166. The number of hydrogen-bond donors (Lipinski definition) is 1. The maximum atomic E-state index is 12.7. The minimum atomic E-state index is -0.685. The van der Waals surface area contributed by atoms with Crippen molar-refractivity contribution in [3.63, 3.8) is 0 Å². The molecule has 1 amide bonds. The first kappa shape index (κ1) is 17.5. The van der Waals surface area contributed by atoms with Gasteiger partial charge in [0.15, 0.2) is 0 Å². The number of anilines is 1. The predicted molar refractivity (Wildman–Crippen MR) is 105 cm³/mol. The van der Waals surface area contributed by atoms with Crippen LogP contribution in [0.5, 0.6) is 5.75 Å². The van der Waals surface area contributed by atoms with E-state index in [4.69, 9.17) is 9.15 Å². The number of carbonyl (C=O) groups excluding carboxylic acids is 1. The maximum absolute atomic E-state index is 12.7. The molecule has 4 aromatic rings. The summed E-state index contributed by atoms with van der Waals surface area (Å²) in [6, 6.07) is 15.6. The molecule has 28 heavy (non-hydrogen) atoms. The standard InChI is InChI=1S/C21H17N3O4/c25-20(16-13-15-5-1-3-7-18(15)28-21(16)26)23-17-6-2-4-8-19(17)27-12-11-24-10-9-22-14-24/h1-10,13-14H,11-12H2,(H,23,25). The van der Waals surface area contributed by atoms with Gasteiger partial charge in [0.1, 0.15) is 23.5 Å². The van der Waals surface area contributed by atoms with E-state index >= 15 is 0 Å². The van der Waals surface area contributed by atoms with Crippen LogP contribution in [0.2, 0.25) is 0 Å². The monoisotopic (exact) mass is 375 g/mol. The minimum Gasteiger partial charge on any atom is -0.490 e. The van der Waals surface area contributed by atoms with Gasteiger partial charge >= 0.3 is 5.63 Å². The molecule has 140 valence electrons. The van der Waals surface area contributed by atoms with E-state index in [1.807, 2.05) is 22.9 Å². The van der Waals surface area contributed by atoms with Crippen molar-refractivity contribution in [3.8, 4) is 5.75 Å². The highest BCUT2D eigenvalue weighted by atomic mass is 16.5. The summed E-state index contributed by atoms with van der Waals surface area (Å²) in [5, 5.41) is 3.41. The van der Waals surface area contributed by atoms with Crippen molar-refractivity contribution in [1.82, 2.24) is 9.55 Å². The third-order valence-corrected chi connectivity index (χ3v) is 4.19. The Morgan fingerprint density at radius 3 is 2.82 bits per heavy atom. The van der Waals surface area contributed by atoms with Gasteiger partial charge in [0, 0.05) is 17.8 Å². The van der Waals surface area contributed by atoms with Gasteiger partial charge in [-0.1, -0.05) is 30.3 Å². The Bertz CT molecular complexity index is 1170. The van der Waals surface area contributed by atoms with Gasteiger partial charge in [0.05, 0.1) is 18.6 Å². The van der Waals surface area contributed by atoms with Crippen LogP contribution in [0.25, 0.3) is 11.0 Å². The molecule has 0 radical (unpaired) electrons. The van der Waals surface area contributed by atoms with Crippen molar-refractivity contribution in [3.05, 3.63) is 89.3 Å². The molecule has 0 atom stereocenters. The second kappa shape index (κ2) is 7.79. The molecular formula is C21H17N3O4. The summed E-state index contributed by atoms with van der Waals surface area (Å²) >= 11 is 0. The van der Waals surface area contributed by atoms with Crippen LogP contribution in [-0.2, 0) is 6.54 Å². The number of imidazole rings is 1. The second-order valence-electron chi connectivity index (χ2n) is 6.08. The number of benzene rings is 2. The molecule has 4 rings (SSSR count). The third kappa shape index (κ3) is 3.78. The summed E-state index contributed by atoms with van der Waals surface area (Å²) in [6.07, 6.45) is 5.25. The number of fused-ring (bicyclic) bond motifs is 1. The molecule has 0 saturated carbocycles. The highest BCUT2D eigenvalue weighted by molar-refractivity contribution is 6.06. The molecule has 0 saturated heterocycles. The van der Waals surface area contributed by atoms with E-state index in [2.05, 4.69) is 10.3 Å². The fourth-order valence-corrected chi connectivity index (χ4v) is 2.79. The molecule has 0 fully saturated rings.